The number of esters is 1. The summed E-state index contributed by atoms with van der Waals surface area (Å²) in [6, 6.07) is 14.8. The van der Waals surface area contributed by atoms with E-state index < -0.39 is 0 Å². The fourth-order valence-corrected chi connectivity index (χ4v) is 4.54. The van der Waals surface area contributed by atoms with E-state index in [1.165, 1.54) is 11.3 Å². The van der Waals surface area contributed by atoms with Crippen LogP contribution in [0.1, 0.15) is 35.6 Å². The molecule has 0 radical (unpaired) electrons. The van der Waals surface area contributed by atoms with Gasteiger partial charge in [0.1, 0.15) is 16.4 Å². The van der Waals surface area contributed by atoms with Crippen molar-refractivity contribution in [3.63, 3.8) is 0 Å². The second-order valence-electron chi connectivity index (χ2n) is 7.76. The smallest absolute Gasteiger partial charge is 0.338 e. The van der Waals surface area contributed by atoms with E-state index in [9.17, 15) is 9.59 Å². The lowest BCUT2D eigenvalue weighted by Crippen LogP contribution is -2.24. The molecule has 0 aliphatic heterocycles. The molecule has 0 saturated carbocycles. The lowest BCUT2D eigenvalue weighted by molar-refractivity contribution is 0.0377. The van der Waals surface area contributed by atoms with Gasteiger partial charge in [0.25, 0.3) is 5.56 Å². The van der Waals surface area contributed by atoms with Gasteiger partial charge in [0, 0.05) is 10.9 Å². The maximum Gasteiger partial charge on any atom is 0.338 e. The average Bonchev–Trinajstić information content (AvgIpc) is 3.20. The summed E-state index contributed by atoms with van der Waals surface area (Å²) in [6.45, 7) is 5.76. The summed E-state index contributed by atoms with van der Waals surface area (Å²) in [5.74, 6) is 1.01. The third kappa shape index (κ3) is 4.29. The number of ether oxygens (including phenoxy) is 2. The highest BCUT2D eigenvalue weighted by Crippen LogP contribution is 2.32. The van der Waals surface area contributed by atoms with Crippen molar-refractivity contribution in [1.29, 1.82) is 0 Å². The van der Waals surface area contributed by atoms with Gasteiger partial charge < -0.3 is 9.47 Å². The summed E-state index contributed by atoms with van der Waals surface area (Å²) >= 11 is 1.46. The third-order valence-corrected chi connectivity index (χ3v) is 6.00. The fraction of sp³-hybridized carbons (Fsp3) is 0.240. The summed E-state index contributed by atoms with van der Waals surface area (Å²) in [7, 11) is 1.62. The van der Waals surface area contributed by atoms with Gasteiger partial charge in [-0.2, -0.15) is 0 Å². The zero-order valence-electron chi connectivity index (χ0n) is 18.4. The molecule has 2 heterocycles. The molecule has 0 aliphatic carbocycles. The molecule has 4 aromatic rings. The largest absolute Gasteiger partial charge is 0.497 e. The molecule has 2 aromatic carbocycles. The molecule has 32 heavy (non-hydrogen) atoms. The Balaban J connectivity index is 1.74. The van der Waals surface area contributed by atoms with Gasteiger partial charge in [-0.1, -0.05) is 24.3 Å². The molecule has 6 nitrogen and oxygen atoms in total. The number of methoxy groups -OCH3 is 1. The predicted octanol–water partition coefficient (Wildman–Crippen LogP) is 5.06. The number of carbonyl (C=O) groups is 1. The van der Waals surface area contributed by atoms with E-state index in [0.717, 1.165) is 22.4 Å². The van der Waals surface area contributed by atoms with Crippen LogP contribution in [0.25, 0.3) is 21.3 Å². The maximum atomic E-state index is 13.5. The zero-order valence-corrected chi connectivity index (χ0v) is 19.2. The highest BCUT2D eigenvalue weighted by atomic mass is 32.1. The Bertz CT molecular complexity index is 1340. The van der Waals surface area contributed by atoms with Crippen LogP contribution in [0.3, 0.4) is 0 Å². The van der Waals surface area contributed by atoms with Crippen LogP contribution >= 0.6 is 11.3 Å². The molecule has 0 unspecified atom stereocenters. The SMILES string of the molecule is COc1ccc(-c2csc3nc(C)n(Cc4cccc(C(=O)OC(C)C)c4)c(=O)c23)cc1. The Kier molecular flexibility index (Phi) is 6.10. The second-order valence-corrected chi connectivity index (χ2v) is 8.62. The molecule has 0 spiro atoms. The van der Waals surface area contributed by atoms with Crippen LogP contribution in [0.4, 0.5) is 0 Å². The van der Waals surface area contributed by atoms with Crippen LogP contribution in [0.15, 0.2) is 58.7 Å². The van der Waals surface area contributed by atoms with E-state index in [-0.39, 0.29) is 17.6 Å². The summed E-state index contributed by atoms with van der Waals surface area (Å²) in [5, 5.41) is 2.56. The Morgan fingerprint density at radius 2 is 1.91 bits per heavy atom. The van der Waals surface area contributed by atoms with Crippen molar-refractivity contribution < 1.29 is 14.3 Å². The van der Waals surface area contributed by atoms with Gasteiger partial charge in [-0.15, -0.1) is 11.3 Å². The van der Waals surface area contributed by atoms with Crippen molar-refractivity contribution in [2.24, 2.45) is 0 Å². The highest BCUT2D eigenvalue weighted by Gasteiger charge is 2.16. The quantitative estimate of drug-likeness (QED) is 0.386. The Morgan fingerprint density at radius 3 is 2.59 bits per heavy atom. The number of nitrogens with zero attached hydrogens (tertiary/aromatic N) is 2. The molecule has 0 fully saturated rings. The van der Waals surface area contributed by atoms with Gasteiger partial charge in [-0.25, -0.2) is 9.78 Å². The number of rotatable bonds is 6. The molecule has 0 amide bonds. The Morgan fingerprint density at radius 1 is 1.16 bits per heavy atom. The number of thiophene rings is 1. The van der Waals surface area contributed by atoms with Gasteiger partial charge in [-0.05, 0) is 56.2 Å². The number of hydrogen-bond acceptors (Lipinski definition) is 6. The summed E-state index contributed by atoms with van der Waals surface area (Å²) < 4.78 is 12.2. The molecule has 7 heteroatoms. The number of fused-ring (bicyclic) bond motifs is 1. The minimum Gasteiger partial charge on any atom is -0.497 e. The van der Waals surface area contributed by atoms with Crippen molar-refractivity contribution in [3.05, 3.63) is 81.2 Å². The van der Waals surface area contributed by atoms with Gasteiger partial charge in [0.2, 0.25) is 0 Å². The number of benzene rings is 2. The first-order valence-electron chi connectivity index (χ1n) is 10.3. The third-order valence-electron chi connectivity index (χ3n) is 5.13. The van der Waals surface area contributed by atoms with Gasteiger partial charge in [-0.3, -0.25) is 9.36 Å². The van der Waals surface area contributed by atoms with Gasteiger partial charge in [0.15, 0.2) is 0 Å². The monoisotopic (exact) mass is 448 g/mol. The molecule has 2 aromatic heterocycles. The Hall–Kier alpha value is -3.45. The van der Waals surface area contributed by atoms with E-state index >= 15 is 0 Å². The molecule has 0 N–H and O–H groups in total. The Labute approximate surface area is 190 Å². The zero-order chi connectivity index (χ0) is 22.8. The van der Waals surface area contributed by atoms with E-state index in [1.54, 1.807) is 29.9 Å². The van der Waals surface area contributed by atoms with E-state index in [4.69, 9.17) is 9.47 Å². The lowest BCUT2D eigenvalue weighted by atomic mass is 10.1. The molecule has 0 bridgehead atoms. The van der Waals surface area contributed by atoms with E-state index in [0.29, 0.717) is 28.1 Å². The normalized spacial score (nSPS) is 11.2. The van der Waals surface area contributed by atoms with Crippen LogP contribution in [-0.4, -0.2) is 28.7 Å². The fourth-order valence-electron chi connectivity index (χ4n) is 3.56. The molecule has 0 atom stereocenters. The van der Waals surface area contributed by atoms with E-state index in [2.05, 4.69) is 4.98 Å². The van der Waals surface area contributed by atoms with Crippen molar-refractivity contribution in [3.8, 4) is 16.9 Å². The van der Waals surface area contributed by atoms with E-state index in [1.807, 2.05) is 56.5 Å². The first kappa shape index (κ1) is 21.8. The highest BCUT2D eigenvalue weighted by molar-refractivity contribution is 7.17. The van der Waals surface area contributed by atoms with Crippen LogP contribution in [0.5, 0.6) is 5.75 Å². The standard InChI is InChI=1S/C25H24N2O4S/c1-15(2)31-25(29)19-7-5-6-17(12-19)13-27-16(3)26-23-22(24(27)28)21(14-32-23)18-8-10-20(30-4)11-9-18/h5-12,14-15H,13H2,1-4H3. The van der Waals surface area contributed by atoms with Crippen molar-refractivity contribution in [2.75, 3.05) is 7.11 Å². The van der Waals surface area contributed by atoms with Crippen molar-refractivity contribution in [1.82, 2.24) is 9.55 Å². The second kappa shape index (κ2) is 8.96. The molecular weight excluding hydrogens is 424 g/mol. The maximum absolute atomic E-state index is 13.5. The summed E-state index contributed by atoms with van der Waals surface area (Å²) in [4.78, 5) is 31.2. The first-order chi connectivity index (χ1) is 15.4. The summed E-state index contributed by atoms with van der Waals surface area (Å²) in [6.07, 6.45) is -0.197. The average molecular weight is 449 g/mol. The minimum atomic E-state index is -0.376. The predicted molar refractivity (Wildman–Crippen MR) is 127 cm³/mol. The summed E-state index contributed by atoms with van der Waals surface area (Å²) in [5.41, 5.74) is 2.98. The molecule has 4 rings (SSSR count). The number of aryl methyl sites for hydroxylation is 1. The number of carbonyl (C=O) groups excluding carboxylic acids is 1. The van der Waals surface area contributed by atoms with Crippen LogP contribution < -0.4 is 10.3 Å². The number of hydrogen-bond donors (Lipinski definition) is 0. The minimum absolute atomic E-state index is 0.102. The lowest BCUT2D eigenvalue weighted by Gasteiger charge is -2.12. The van der Waals surface area contributed by atoms with Crippen LogP contribution in [0.2, 0.25) is 0 Å². The first-order valence-corrected chi connectivity index (χ1v) is 11.2. The van der Waals surface area contributed by atoms with Crippen molar-refractivity contribution >= 4 is 27.5 Å². The number of aromatic nitrogens is 2. The molecule has 164 valence electrons. The molecule has 0 aliphatic rings. The topological polar surface area (TPSA) is 70.4 Å². The van der Waals surface area contributed by atoms with Gasteiger partial charge >= 0.3 is 5.97 Å². The molecule has 0 saturated heterocycles. The van der Waals surface area contributed by atoms with Crippen LogP contribution in [-0.2, 0) is 11.3 Å². The van der Waals surface area contributed by atoms with Crippen molar-refractivity contribution in [2.45, 2.75) is 33.4 Å². The van der Waals surface area contributed by atoms with Crippen LogP contribution in [0, 0.1) is 6.92 Å². The van der Waals surface area contributed by atoms with Gasteiger partial charge in [0.05, 0.1) is 30.7 Å². The molecular formula is C25H24N2O4S.